The van der Waals surface area contributed by atoms with E-state index in [2.05, 4.69) is 0 Å². The molecule has 0 radical (unpaired) electrons. The Kier molecular flexibility index (Phi) is 5.35. The van der Waals surface area contributed by atoms with Gasteiger partial charge in [-0.1, -0.05) is 23.2 Å². The zero-order valence-corrected chi connectivity index (χ0v) is 10.5. The molecule has 3 nitrogen and oxygen atoms in total. The third-order valence-electron chi connectivity index (χ3n) is 2.53. The van der Waals surface area contributed by atoms with E-state index in [0.29, 0.717) is 16.5 Å². The van der Waals surface area contributed by atoms with Crippen LogP contribution in [0.4, 0.5) is 5.69 Å². The van der Waals surface area contributed by atoms with Gasteiger partial charge >= 0.3 is 0 Å². The minimum Gasteiger partial charge on any atom is -0.396 e. The SMILES string of the molecule is CN(c1ccc(Cl)c(Cl)c1)C(CO)CCO. The van der Waals surface area contributed by atoms with Crippen LogP contribution in [0.5, 0.6) is 0 Å². The van der Waals surface area contributed by atoms with Gasteiger partial charge in [-0.2, -0.15) is 0 Å². The van der Waals surface area contributed by atoms with Crippen molar-refractivity contribution in [1.29, 1.82) is 0 Å². The molecule has 0 spiro atoms. The predicted molar refractivity (Wildman–Crippen MR) is 67.4 cm³/mol. The summed E-state index contributed by atoms with van der Waals surface area (Å²) in [5, 5.41) is 19.1. The van der Waals surface area contributed by atoms with E-state index >= 15 is 0 Å². The van der Waals surface area contributed by atoms with E-state index in [0.717, 1.165) is 5.69 Å². The Morgan fingerprint density at radius 1 is 1.25 bits per heavy atom. The van der Waals surface area contributed by atoms with Gasteiger partial charge in [0.25, 0.3) is 0 Å². The lowest BCUT2D eigenvalue weighted by Gasteiger charge is -2.28. The van der Waals surface area contributed by atoms with Crippen molar-refractivity contribution in [3.8, 4) is 0 Å². The number of hydrogen-bond acceptors (Lipinski definition) is 3. The summed E-state index contributed by atoms with van der Waals surface area (Å²) in [4.78, 5) is 1.87. The summed E-state index contributed by atoms with van der Waals surface area (Å²) in [6.07, 6.45) is 0.507. The van der Waals surface area contributed by atoms with E-state index in [9.17, 15) is 5.11 Å². The fraction of sp³-hybridized carbons (Fsp3) is 0.455. The molecule has 0 aromatic heterocycles. The molecule has 5 heteroatoms. The minimum atomic E-state index is -0.123. The average Bonchev–Trinajstić information content (AvgIpc) is 2.28. The molecule has 1 unspecified atom stereocenters. The maximum atomic E-state index is 9.20. The second-order valence-electron chi connectivity index (χ2n) is 3.56. The summed E-state index contributed by atoms with van der Waals surface area (Å²) in [5.41, 5.74) is 0.863. The van der Waals surface area contributed by atoms with E-state index < -0.39 is 0 Å². The van der Waals surface area contributed by atoms with Crippen molar-refractivity contribution in [3.05, 3.63) is 28.2 Å². The van der Waals surface area contributed by atoms with Crippen LogP contribution in [0.25, 0.3) is 0 Å². The second kappa shape index (κ2) is 6.30. The first-order chi connectivity index (χ1) is 7.60. The smallest absolute Gasteiger partial charge is 0.0635 e. The van der Waals surface area contributed by atoms with Crippen molar-refractivity contribution in [1.82, 2.24) is 0 Å². The van der Waals surface area contributed by atoms with E-state index in [-0.39, 0.29) is 19.3 Å². The number of benzene rings is 1. The van der Waals surface area contributed by atoms with Gasteiger partial charge in [0.1, 0.15) is 0 Å². The van der Waals surface area contributed by atoms with Crippen molar-refractivity contribution in [3.63, 3.8) is 0 Å². The van der Waals surface area contributed by atoms with E-state index in [1.807, 2.05) is 18.0 Å². The van der Waals surface area contributed by atoms with Crippen LogP contribution in [0.1, 0.15) is 6.42 Å². The van der Waals surface area contributed by atoms with Gasteiger partial charge in [-0.25, -0.2) is 0 Å². The maximum absolute atomic E-state index is 9.20. The molecular weight excluding hydrogens is 249 g/mol. The molecule has 0 aliphatic rings. The molecular formula is C11H15Cl2NO2. The highest BCUT2D eigenvalue weighted by atomic mass is 35.5. The summed E-state index contributed by atoms with van der Waals surface area (Å²) in [7, 11) is 1.84. The van der Waals surface area contributed by atoms with Gasteiger partial charge in [0, 0.05) is 19.3 Å². The Morgan fingerprint density at radius 3 is 2.44 bits per heavy atom. The van der Waals surface area contributed by atoms with Crippen LogP contribution in [0.15, 0.2) is 18.2 Å². The summed E-state index contributed by atoms with van der Waals surface area (Å²) >= 11 is 11.7. The van der Waals surface area contributed by atoms with Crippen LogP contribution in [-0.2, 0) is 0 Å². The number of rotatable bonds is 5. The van der Waals surface area contributed by atoms with Crippen molar-refractivity contribution in [2.45, 2.75) is 12.5 Å². The Hall–Kier alpha value is -0.480. The van der Waals surface area contributed by atoms with Crippen LogP contribution < -0.4 is 4.90 Å². The Balaban J connectivity index is 2.85. The Bertz CT molecular complexity index is 347. The first kappa shape index (κ1) is 13.6. The van der Waals surface area contributed by atoms with Gasteiger partial charge in [0.2, 0.25) is 0 Å². The number of aliphatic hydroxyl groups excluding tert-OH is 2. The first-order valence-corrected chi connectivity index (χ1v) is 5.75. The number of aliphatic hydroxyl groups is 2. The third-order valence-corrected chi connectivity index (χ3v) is 3.27. The van der Waals surface area contributed by atoms with Gasteiger partial charge in [-0.3, -0.25) is 0 Å². The number of likely N-dealkylation sites (N-methyl/N-ethyl adjacent to an activating group) is 1. The van der Waals surface area contributed by atoms with Crippen LogP contribution in [0, 0.1) is 0 Å². The van der Waals surface area contributed by atoms with E-state index in [4.69, 9.17) is 28.3 Å². The number of hydrogen-bond donors (Lipinski definition) is 2. The fourth-order valence-corrected chi connectivity index (χ4v) is 1.76. The zero-order chi connectivity index (χ0) is 12.1. The maximum Gasteiger partial charge on any atom is 0.0635 e. The summed E-state index contributed by atoms with van der Waals surface area (Å²) in [6.45, 7) is 0.0220. The summed E-state index contributed by atoms with van der Waals surface area (Å²) in [6, 6.07) is 5.16. The zero-order valence-electron chi connectivity index (χ0n) is 9.03. The van der Waals surface area contributed by atoms with Crippen LogP contribution in [-0.4, -0.2) is 36.5 Å². The van der Waals surface area contributed by atoms with Gasteiger partial charge < -0.3 is 15.1 Å². The Morgan fingerprint density at radius 2 is 1.94 bits per heavy atom. The van der Waals surface area contributed by atoms with Crippen LogP contribution >= 0.6 is 23.2 Å². The average molecular weight is 264 g/mol. The van der Waals surface area contributed by atoms with E-state index in [1.165, 1.54) is 0 Å². The van der Waals surface area contributed by atoms with Crippen molar-refractivity contribution >= 4 is 28.9 Å². The largest absolute Gasteiger partial charge is 0.396 e. The van der Waals surface area contributed by atoms with Gasteiger partial charge in [0.05, 0.1) is 22.7 Å². The van der Waals surface area contributed by atoms with Gasteiger partial charge in [-0.15, -0.1) is 0 Å². The highest BCUT2D eigenvalue weighted by Gasteiger charge is 2.14. The quantitative estimate of drug-likeness (QED) is 0.856. The lowest BCUT2D eigenvalue weighted by atomic mass is 10.2. The standard InChI is InChI=1S/C11H15Cl2NO2/c1-14(9(7-16)4-5-15)8-2-3-10(12)11(13)6-8/h2-3,6,9,15-16H,4-5,7H2,1H3. The first-order valence-electron chi connectivity index (χ1n) is 4.99. The van der Waals surface area contributed by atoms with Crippen molar-refractivity contribution in [2.24, 2.45) is 0 Å². The highest BCUT2D eigenvalue weighted by molar-refractivity contribution is 6.42. The molecule has 0 heterocycles. The molecule has 0 aliphatic heterocycles. The predicted octanol–water partition coefficient (Wildman–Crippen LogP) is 2.17. The van der Waals surface area contributed by atoms with Gasteiger partial charge in [-0.05, 0) is 24.6 Å². The second-order valence-corrected chi connectivity index (χ2v) is 4.37. The molecule has 1 rings (SSSR count). The monoisotopic (exact) mass is 263 g/mol. The number of halogens is 2. The van der Waals surface area contributed by atoms with Crippen molar-refractivity contribution < 1.29 is 10.2 Å². The molecule has 2 N–H and O–H groups in total. The van der Waals surface area contributed by atoms with Crippen molar-refractivity contribution in [2.75, 3.05) is 25.2 Å². The lowest BCUT2D eigenvalue weighted by molar-refractivity contribution is 0.218. The van der Waals surface area contributed by atoms with Crippen LogP contribution in [0.3, 0.4) is 0 Å². The molecule has 0 aliphatic carbocycles. The molecule has 1 atom stereocenters. The van der Waals surface area contributed by atoms with Crippen LogP contribution in [0.2, 0.25) is 10.0 Å². The number of nitrogens with zero attached hydrogens (tertiary/aromatic N) is 1. The normalized spacial score (nSPS) is 12.6. The van der Waals surface area contributed by atoms with E-state index in [1.54, 1.807) is 12.1 Å². The molecule has 0 fully saturated rings. The number of anilines is 1. The topological polar surface area (TPSA) is 43.7 Å². The summed E-state index contributed by atoms with van der Waals surface area (Å²) in [5.74, 6) is 0. The fourth-order valence-electron chi connectivity index (χ4n) is 1.47. The van der Waals surface area contributed by atoms with Gasteiger partial charge in [0.15, 0.2) is 0 Å². The summed E-state index contributed by atoms with van der Waals surface area (Å²) < 4.78 is 0. The molecule has 90 valence electrons. The molecule has 0 amide bonds. The highest BCUT2D eigenvalue weighted by Crippen LogP contribution is 2.27. The molecule has 16 heavy (non-hydrogen) atoms. The molecule has 1 aromatic carbocycles. The Labute approximate surface area is 105 Å². The lowest BCUT2D eigenvalue weighted by Crippen LogP contribution is -2.35. The minimum absolute atomic E-state index is 0.0166. The molecule has 0 saturated carbocycles. The molecule has 1 aromatic rings. The molecule has 0 saturated heterocycles. The third kappa shape index (κ3) is 3.25. The molecule has 0 bridgehead atoms.